The largest absolute Gasteiger partial charge is 0.363 e. The molecule has 2 aromatic heterocycles. The number of hydrogen-bond acceptors (Lipinski definition) is 5. The van der Waals surface area contributed by atoms with E-state index >= 15 is 0 Å². The first-order chi connectivity index (χ1) is 10.2. The highest BCUT2D eigenvalue weighted by Gasteiger charge is 2.31. The van der Waals surface area contributed by atoms with Gasteiger partial charge in [0.1, 0.15) is 10.7 Å². The zero-order valence-electron chi connectivity index (χ0n) is 12.2. The normalized spacial score (nSPS) is 18.0. The van der Waals surface area contributed by atoms with Gasteiger partial charge >= 0.3 is 0 Å². The van der Waals surface area contributed by atoms with Gasteiger partial charge in [0.25, 0.3) is 5.91 Å². The number of rotatable bonds is 3. The van der Waals surface area contributed by atoms with Crippen LogP contribution in [0.2, 0.25) is 0 Å². The van der Waals surface area contributed by atoms with E-state index in [-0.39, 0.29) is 11.9 Å². The van der Waals surface area contributed by atoms with Crippen molar-refractivity contribution in [2.75, 3.05) is 25.5 Å². The second-order valence-corrected chi connectivity index (χ2v) is 6.25. The molecule has 0 aromatic carbocycles. The first-order valence-corrected chi connectivity index (χ1v) is 7.87. The molecule has 1 aliphatic heterocycles. The third kappa shape index (κ3) is 2.76. The Bertz CT molecular complexity index is 626. The van der Waals surface area contributed by atoms with Gasteiger partial charge in [-0.3, -0.25) is 9.78 Å². The van der Waals surface area contributed by atoms with Gasteiger partial charge in [0.05, 0.1) is 17.7 Å². The minimum atomic E-state index is 0.0863. The molecule has 6 heteroatoms. The molecule has 0 bridgehead atoms. The highest BCUT2D eigenvalue weighted by atomic mass is 32.1. The third-order valence-corrected chi connectivity index (χ3v) is 4.53. The summed E-state index contributed by atoms with van der Waals surface area (Å²) in [6.07, 6.45) is 5.51. The number of thiazole rings is 1. The maximum Gasteiger partial charge on any atom is 0.266 e. The van der Waals surface area contributed by atoms with Crippen molar-refractivity contribution < 1.29 is 4.79 Å². The van der Waals surface area contributed by atoms with E-state index in [2.05, 4.69) is 16.0 Å². The van der Waals surface area contributed by atoms with Gasteiger partial charge in [0.15, 0.2) is 0 Å². The fraction of sp³-hybridized carbons (Fsp3) is 0.400. The third-order valence-electron chi connectivity index (χ3n) is 3.77. The molecule has 1 aliphatic rings. The fourth-order valence-corrected chi connectivity index (χ4v) is 3.28. The molecule has 0 N–H and O–H groups in total. The van der Waals surface area contributed by atoms with Crippen molar-refractivity contribution >= 4 is 23.1 Å². The highest BCUT2D eigenvalue weighted by molar-refractivity contribution is 7.11. The fourth-order valence-electron chi connectivity index (χ4n) is 2.71. The van der Waals surface area contributed by atoms with E-state index in [1.807, 2.05) is 36.2 Å². The van der Waals surface area contributed by atoms with Gasteiger partial charge in [-0.1, -0.05) is 0 Å². The van der Waals surface area contributed by atoms with Crippen molar-refractivity contribution in [1.82, 2.24) is 14.9 Å². The molecular weight excluding hydrogens is 284 g/mol. The zero-order chi connectivity index (χ0) is 14.8. The molecule has 0 spiro atoms. The summed E-state index contributed by atoms with van der Waals surface area (Å²) in [5.41, 5.74) is 2.86. The Kier molecular flexibility index (Phi) is 3.88. The summed E-state index contributed by atoms with van der Waals surface area (Å²) in [4.78, 5) is 25.6. The zero-order valence-corrected chi connectivity index (χ0v) is 13.0. The number of carbonyl (C=O) groups excluding carboxylic acids is 1. The van der Waals surface area contributed by atoms with E-state index in [4.69, 9.17) is 0 Å². The molecule has 1 atom stereocenters. The lowest BCUT2D eigenvalue weighted by Crippen LogP contribution is -2.30. The number of anilines is 1. The molecule has 110 valence electrons. The highest BCUT2D eigenvalue weighted by Crippen LogP contribution is 2.34. The maximum atomic E-state index is 12.6. The van der Waals surface area contributed by atoms with Crippen LogP contribution in [0.4, 0.5) is 5.82 Å². The van der Waals surface area contributed by atoms with Crippen LogP contribution in [0.15, 0.2) is 30.0 Å². The molecule has 0 aliphatic carbocycles. The Morgan fingerprint density at radius 2 is 2.33 bits per heavy atom. The lowest BCUT2D eigenvalue weighted by molar-refractivity contribution is 0.0740. The van der Waals surface area contributed by atoms with Crippen molar-refractivity contribution in [1.29, 1.82) is 0 Å². The first kappa shape index (κ1) is 14.0. The van der Waals surface area contributed by atoms with Crippen LogP contribution in [0, 0.1) is 0 Å². The Labute approximate surface area is 128 Å². The van der Waals surface area contributed by atoms with Gasteiger partial charge in [0.2, 0.25) is 0 Å². The van der Waals surface area contributed by atoms with Crippen LogP contribution < -0.4 is 4.90 Å². The van der Waals surface area contributed by atoms with Crippen LogP contribution in [-0.4, -0.2) is 41.4 Å². The van der Waals surface area contributed by atoms with Gasteiger partial charge < -0.3 is 9.80 Å². The molecule has 3 rings (SSSR count). The summed E-state index contributed by atoms with van der Waals surface area (Å²) in [7, 11) is 3.95. The van der Waals surface area contributed by atoms with Gasteiger partial charge in [-0.15, -0.1) is 11.3 Å². The SMILES string of the molecule is CN(C)c1cc([C@H]2CCCN2C(=O)c2cncs2)ccn1. The number of hydrogen-bond donors (Lipinski definition) is 0. The standard InChI is InChI=1S/C15H18N4OS/c1-18(2)14-8-11(5-6-17-14)12-4-3-7-19(12)15(20)13-9-16-10-21-13/h5-6,8-10,12H,3-4,7H2,1-2H3/t12-/m1/s1. The van der Waals surface area contributed by atoms with Crippen LogP contribution >= 0.6 is 11.3 Å². The van der Waals surface area contributed by atoms with E-state index in [1.165, 1.54) is 11.3 Å². The van der Waals surface area contributed by atoms with Crippen molar-refractivity contribution in [2.45, 2.75) is 18.9 Å². The van der Waals surface area contributed by atoms with Gasteiger partial charge in [-0.25, -0.2) is 4.98 Å². The molecular formula is C15H18N4OS. The second kappa shape index (κ2) is 5.81. The van der Waals surface area contributed by atoms with Crippen LogP contribution in [0.25, 0.3) is 0 Å². The molecule has 1 amide bonds. The predicted molar refractivity (Wildman–Crippen MR) is 83.7 cm³/mol. The second-order valence-electron chi connectivity index (χ2n) is 5.36. The lowest BCUT2D eigenvalue weighted by atomic mass is 10.1. The van der Waals surface area contributed by atoms with E-state index in [9.17, 15) is 4.79 Å². The van der Waals surface area contributed by atoms with Gasteiger partial charge in [0, 0.05) is 26.8 Å². The summed E-state index contributed by atoms with van der Waals surface area (Å²) in [6.45, 7) is 0.807. The van der Waals surface area contributed by atoms with Crippen molar-refractivity contribution in [3.63, 3.8) is 0 Å². The average Bonchev–Trinajstić information content (AvgIpc) is 3.18. The van der Waals surface area contributed by atoms with E-state index in [0.717, 1.165) is 30.8 Å². The number of likely N-dealkylation sites (tertiary alicyclic amines) is 1. The van der Waals surface area contributed by atoms with Crippen LogP contribution in [0.5, 0.6) is 0 Å². The summed E-state index contributed by atoms with van der Waals surface area (Å²) < 4.78 is 0. The smallest absolute Gasteiger partial charge is 0.266 e. The van der Waals surface area contributed by atoms with Crippen molar-refractivity contribution in [3.05, 3.63) is 40.5 Å². The Hall–Kier alpha value is -1.95. The van der Waals surface area contributed by atoms with Crippen LogP contribution in [-0.2, 0) is 0 Å². The van der Waals surface area contributed by atoms with Crippen LogP contribution in [0.3, 0.4) is 0 Å². The average molecular weight is 302 g/mol. The number of amides is 1. The van der Waals surface area contributed by atoms with Gasteiger partial charge in [-0.2, -0.15) is 0 Å². The predicted octanol–water partition coefficient (Wildman–Crippen LogP) is 2.58. The lowest BCUT2D eigenvalue weighted by Gasteiger charge is -2.25. The molecule has 1 saturated heterocycles. The quantitative estimate of drug-likeness (QED) is 0.874. The molecule has 0 saturated carbocycles. The number of aromatic nitrogens is 2. The van der Waals surface area contributed by atoms with Crippen molar-refractivity contribution in [2.24, 2.45) is 0 Å². The monoisotopic (exact) mass is 302 g/mol. The molecule has 21 heavy (non-hydrogen) atoms. The number of carbonyl (C=O) groups is 1. The molecule has 5 nitrogen and oxygen atoms in total. The van der Waals surface area contributed by atoms with Gasteiger partial charge in [-0.05, 0) is 30.5 Å². The Balaban J connectivity index is 1.87. The molecule has 3 heterocycles. The minimum Gasteiger partial charge on any atom is -0.363 e. The molecule has 1 fully saturated rings. The topological polar surface area (TPSA) is 49.3 Å². The Morgan fingerprint density at radius 3 is 3.05 bits per heavy atom. The number of nitrogens with zero attached hydrogens (tertiary/aromatic N) is 4. The summed E-state index contributed by atoms with van der Waals surface area (Å²) in [6, 6.07) is 4.22. The summed E-state index contributed by atoms with van der Waals surface area (Å²) >= 11 is 1.40. The first-order valence-electron chi connectivity index (χ1n) is 6.99. The van der Waals surface area contributed by atoms with E-state index in [0.29, 0.717) is 4.88 Å². The van der Waals surface area contributed by atoms with E-state index < -0.39 is 0 Å². The summed E-state index contributed by atoms with van der Waals surface area (Å²) in [5, 5.41) is 0. The summed E-state index contributed by atoms with van der Waals surface area (Å²) in [5.74, 6) is 1.01. The Morgan fingerprint density at radius 1 is 1.48 bits per heavy atom. The van der Waals surface area contributed by atoms with Crippen LogP contribution in [0.1, 0.15) is 34.1 Å². The van der Waals surface area contributed by atoms with E-state index in [1.54, 1.807) is 11.7 Å². The number of pyridine rings is 1. The molecule has 0 radical (unpaired) electrons. The minimum absolute atomic E-state index is 0.0863. The maximum absolute atomic E-state index is 12.6. The van der Waals surface area contributed by atoms with Crippen molar-refractivity contribution in [3.8, 4) is 0 Å². The molecule has 0 unspecified atom stereocenters. The molecule has 2 aromatic rings.